The highest BCUT2D eigenvalue weighted by Gasteiger charge is 2.01. The molecule has 0 saturated heterocycles. The molecule has 0 bridgehead atoms. The number of pyridine rings is 1. The van der Waals surface area contributed by atoms with Crippen LogP contribution in [0.3, 0.4) is 0 Å². The van der Waals surface area contributed by atoms with Gasteiger partial charge in [-0.1, -0.05) is 34.1 Å². The van der Waals surface area contributed by atoms with E-state index in [2.05, 4.69) is 31.4 Å². The van der Waals surface area contributed by atoms with Gasteiger partial charge in [0.05, 0.1) is 18.3 Å². The van der Waals surface area contributed by atoms with Gasteiger partial charge in [0.2, 0.25) is 5.91 Å². The lowest BCUT2D eigenvalue weighted by atomic mass is 10.1. The summed E-state index contributed by atoms with van der Waals surface area (Å²) in [6, 6.07) is 13.1. The largest absolute Gasteiger partial charge is 0.273 e. The van der Waals surface area contributed by atoms with Crippen molar-refractivity contribution < 1.29 is 4.79 Å². The second kappa shape index (κ2) is 6.80. The van der Waals surface area contributed by atoms with Crippen LogP contribution in [0.25, 0.3) is 0 Å². The quantitative estimate of drug-likeness (QED) is 0.696. The van der Waals surface area contributed by atoms with E-state index in [1.54, 1.807) is 6.20 Å². The van der Waals surface area contributed by atoms with Gasteiger partial charge in [0, 0.05) is 10.7 Å². The number of nitrogens with one attached hydrogen (secondary N) is 1. The molecule has 4 nitrogen and oxygen atoms in total. The number of carbonyl (C=O) groups is 1. The minimum Gasteiger partial charge on any atom is -0.273 e. The van der Waals surface area contributed by atoms with Crippen molar-refractivity contribution in [3.63, 3.8) is 0 Å². The molecule has 0 aliphatic heterocycles. The van der Waals surface area contributed by atoms with E-state index in [0.29, 0.717) is 12.1 Å². The fraction of sp³-hybridized carbons (Fsp3) is 0.0714. The zero-order valence-corrected chi connectivity index (χ0v) is 11.7. The smallest absolute Gasteiger partial charge is 0.244 e. The van der Waals surface area contributed by atoms with Crippen LogP contribution in [0.1, 0.15) is 11.3 Å². The molecule has 0 radical (unpaired) electrons. The zero-order valence-electron chi connectivity index (χ0n) is 10.1. The Morgan fingerprint density at radius 3 is 2.74 bits per heavy atom. The Morgan fingerprint density at radius 1 is 1.26 bits per heavy atom. The predicted molar refractivity (Wildman–Crippen MR) is 77.8 cm³/mol. The molecule has 0 fully saturated rings. The first-order valence-electron chi connectivity index (χ1n) is 5.71. The van der Waals surface area contributed by atoms with E-state index >= 15 is 0 Å². The monoisotopic (exact) mass is 317 g/mol. The number of halogens is 1. The van der Waals surface area contributed by atoms with Crippen LogP contribution in [0.4, 0.5) is 0 Å². The van der Waals surface area contributed by atoms with Crippen molar-refractivity contribution in [2.45, 2.75) is 6.42 Å². The molecule has 0 spiro atoms. The summed E-state index contributed by atoms with van der Waals surface area (Å²) in [5.41, 5.74) is 4.11. The summed E-state index contributed by atoms with van der Waals surface area (Å²) in [6.45, 7) is 0. The lowest BCUT2D eigenvalue weighted by molar-refractivity contribution is -0.120. The fourth-order valence-corrected chi connectivity index (χ4v) is 1.71. The van der Waals surface area contributed by atoms with Crippen LogP contribution in [0.15, 0.2) is 58.2 Å². The van der Waals surface area contributed by atoms with Crippen molar-refractivity contribution in [2.75, 3.05) is 0 Å². The van der Waals surface area contributed by atoms with Gasteiger partial charge in [-0.15, -0.1) is 0 Å². The summed E-state index contributed by atoms with van der Waals surface area (Å²) in [4.78, 5) is 15.7. The first-order valence-corrected chi connectivity index (χ1v) is 6.51. The van der Waals surface area contributed by atoms with E-state index < -0.39 is 0 Å². The molecule has 0 unspecified atom stereocenters. The number of aromatic nitrogens is 1. The van der Waals surface area contributed by atoms with E-state index in [1.165, 1.54) is 6.21 Å². The molecule has 1 aromatic heterocycles. The van der Waals surface area contributed by atoms with Gasteiger partial charge in [-0.3, -0.25) is 9.78 Å². The summed E-state index contributed by atoms with van der Waals surface area (Å²) in [6.07, 6.45) is 3.48. The molecule has 0 aliphatic carbocycles. The molecule has 2 aromatic rings. The van der Waals surface area contributed by atoms with Gasteiger partial charge in [-0.05, 0) is 29.8 Å². The molecule has 0 saturated carbocycles. The number of amides is 1. The highest BCUT2D eigenvalue weighted by atomic mass is 79.9. The minimum atomic E-state index is -0.158. The minimum absolute atomic E-state index is 0.158. The third-order valence-electron chi connectivity index (χ3n) is 2.35. The summed E-state index contributed by atoms with van der Waals surface area (Å²) < 4.78 is 0.991. The number of benzene rings is 1. The second-order valence-electron chi connectivity index (χ2n) is 3.85. The SMILES string of the molecule is O=C(Cc1ccc(Br)cc1)N/N=C\c1ccccn1. The van der Waals surface area contributed by atoms with Crippen molar-refractivity contribution in [3.05, 3.63) is 64.4 Å². The average Bonchev–Trinajstić information content (AvgIpc) is 2.43. The first-order chi connectivity index (χ1) is 9.24. The summed E-state index contributed by atoms with van der Waals surface area (Å²) in [5, 5.41) is 3.86. The van der Waals surface area contributed by atoms with Gasteiger partial charge in [0.25, 0.3) is 0 Å². The lowest BCUT2D eigenvalue weighted by Gasteiger charge is -2.00. The number of carbonyl (C=O) groups excluding carboxylic acids is 1. The normalized spacial score (nSPS) is 10.6. The highest BCUT2D eigenvalue weighted by molar-refractivity contribution is 9.10. The van der Waals surface area contributed by atoms with Crippen molar-refractivity contribution in [2.24, 2.45) is 5.10 Å². The van der Waals surface area contributed by atoms with Crippen LogP contribution in [0.2, 0.25) is 0 Å². The summed E-state index contributed by atoms with van der Waals surface area (Å²) in [7, 11) is 0. The molecule has 5 heteroatoms. The average molecular weight is 318 g/mol. The van der Waals surface area contributed by atoms with Gasteiger partial charge in [0.1, 0.15) is 0 Å². The molecule has 96 valence electrons. The Balaban J connectivity index is 1.85. The fourth-order valence-electron chi connectivity index (χ4n) is 1.45. The van der Waals surface area contributed by atoms with Gasteiger partial charge in [-0.25, -0.2) is 5.43 Å². The van der Waals surface area contributed by atoms with E-state index in [1.807, 2.05) is 42.5 Å². The Morgan fingerprint density at radius 2 is 2.05 bits per heavy atom. The van der Waals surface area contributed by atoms with Crippen molar-refractivity contribution in [1.29, 1.82) is 0 Å². The van der Waals surface area contributed by atoms with Crippen LogP contribution in [-0.4, -0.2) is 17.1 Å². The predicted octanol–water partition coefficient (Wildman–Crippen LogP) is 2.54. The van der Waals surface area contributed by atoms with Crippen molar-refractivity contribution in [3.8, 4) is 0 Å². The number of nitrogens with zero attached hydrogens (tertiary/aromatic N) is 2. The number of hydrogen-bond acceptors (Lipinski definition) is 3. The molecule has 2 rings (SSSR count). The zero-order chi connectivity index (χ0) is 13.5. The molecular formula is C14H12BrN3O. The van der Waals surface area contributed by atoms with E-state index in [0.717, 1.165) is 10.0 Å². The van der Waals surface area contributed by atoms with Gasteiger partial charge in [-0.2, -0.15) is 5.10 Å². The second-order valence-corrected chi connectivity index (χ2v) is 4.77. The molecule has 0 aliphatic rings. The highest BCUT2D eigenvalue weighted by Crippen LogP contribution is 2.10. The van der Waals surface area contributed by atoms with Crippen LogP contribution in [-0.2, 0) is 11.2 Å². The van der Waals surface area contributed by atoms with E-state index in [9.17, 15) is 4.79 Å². The Labute approximate surface area is 119 Å². The molecule has 1 N–H and O–H groups in total. The number of hydrazone groups is 1. The third kappa shape index (κ3) is 4.63. The molecule has 1 aromatic carbocycles. The Hall–Kier alpha value is -2.01. The summed E-state index contributed by atoms with van der Waals surface area (Å²) >= 11 is 3.35. The molecule has 0 atom stereocenters. The van der Waals surface area contributed by atoms with Crippen LogP contribution in [0.5, 0.6) is 0 Å². The maximum absolute atomic E-state index is 11.6. The maximum Gasteiger partial charge on any atom is 0.244 e. The van der Waals surface area contributed by atoms with E-state index in [-0.39, 0.29) is 5.91 Å². The van der Waals surface area contributed by atoms with Crippen LogP contribution in [0, 0.1) is 0 Å². The Kier molecular flexibility index (Phi) is 4.80. The van der Waals surface area contributed by atoms with Crippen LogP contribution < -0.4 is 5.43 Å². The number of hydrogen-bond donors (Lipinski definition) is 1. The van der Waals surface area contributed by atoms with Crippen molar-refractivity contribution >= 4 is 28.1 Å². The molecule has 1 amide bonds. The molecule has 1 heterocycles. The van der Waals surface area contributed by atoms with Crippen molar-refractivity contribution in [1.82, 2.24) is 10.4 Å². The molecular weight excluding hydrogens is 306 g/mol. The van der Waals surface area contributed by atoms with Crippen LogP contribution >= 0.6 is 15.9 Å². The summed E-state index contributed by atoms with van der Waals surface area (Å²) in [5.74, 6) is -0.158. The topological polar surface area (TPSA) is 54.4 Å². The third-order valence-corrected chi connectivity index (χ3v) is 2.88. The maximum atomic E-state index is 11.6. The van der Waals surface area contributed by atoms with Gasteiger partial charge in [0.15, 0.2) is 0 Å². The lowest BCUT2D eigenvalue weighted by Crippen LogP contribution is -2.19. The van der Waals surface area contributed by atoms with Gasteiger partial charge < -0.3 is 0 Å². The standard InChI is InChI=1S/C14H12BrN3O/c15-12-6-4-11(5-7-12)9-14(19)18-17-10-13-3-1-2-8-16-13/h1-8,10H,9H2,(H,18,19)/b17-10-. The van der Waals surface area contributed by atoms with E-state index in [4.69, 9.17) is 0 Å². The molecule has 19 heavy (non-hydrogen) atoms. The first kappa shape index (κ1) is 13.4. The number of rotatable bonds is 4. The van der Waals surface area contributed by atoms with Gasteiger partial charge >= 0.3 is 0 Å². The Bertz CT molecular complexity index is 567.